The molecule has 0 spiro atoms. The molecule has 1 fully saturated rings. The summed E-state index contributed by atoms with van der Waals surface area (Å²) in [6.45, 7) is 0.936. The maximum atomic E-state index is 12.6. The van der Waals surface area contributed by atoms with E-state index in [0.717, 1.165) is 5.56 Å². The van der Waals surface area contributed by atoms with Gasteiger partial charge in [0.25, 0.3) is 0 Å². The van der Waals surface area contributed by atoms with Gasteiger partial charge in [-0.2, -0.15) is 0 Å². The van der Waals surface area contributed by atoms with Crippen molar-refractivity contribution >= 4 is 10.8 Å². The Hall–Kier alpha value is -1.76. The molecule has 0 saturated carbocycles. The zero-order chi connectivity index (χ0) is 14.7. The average molecular weight is 305 g/mol. The van der Waals surface area contributed by atoms with Gasteiger partial charge in [-0.25, -0.2) is 4.21 Å². The molecular weight excluding hydrogens is 290 g/mol. The number of ether oxygens (including phenoxy) is 3. The normalized spacial score (nSPS) is 16.8. The summed E-state index contributed by atoms with van der Waals surface area (Å²) < 4.78 is 28.5. The van der Waals surface area contributed by atoms with Crippen molar-refractivity contribution in [2.45, 2.75) is 10.5 Å². The minimum atomic E-state index is -1.40. The van der Waals surface area contributed by atoms with Crippen molar-refractivity contribution < 1.29 is 18.4 Å². The lowest BCUT2D eigenvalue weighted by molar-refractivity contribution is 0.0300. The fourth-order valence-corrected chi connectivity index (χ4v) is 3.35. The van der Waals surface area contributed by atoms with E-state index in [0.29, 0.717) is 29.6 Å². The number of aromatic nitrogens is 1. The SMILES string of the molecule is COc1ccnc(-c2ccccc2S(=O)C2OCCO2)c1. The fraction of sp³-hybridized carbons (Fsp3) is 0.267. The Morgan fingerprint density at radius 3 is 2.76 bits per heavy atom. The lowest BCUT2D eigenvalue weighted by Gasteiger charge is -2.13. The van der Waals surface area contributed by atoms with Gasteiger partial charge < -0.3 is 14.2 Å². The number of pyridine rings is 1. The summed E-state index contributed by atoms with van der Waals surface area (Å²) >= 11 is 0. The summed E-state index contributed by atoms with van der Waals surface area (Å²) in [5, 5.41) is 0. The summed E-state index contributed by atoms with van der Waals surface area (Å²) in [5.41, 5.74) is 0.780. The number of methoxy groups -OCH3 is 1. The molecule has 21 heavy (non-hydrogen) atoms. The molecule has 1 atom stereocenters. The lowest BCUT2D eigenvalue weighted by atomic mass is 10.1. The Morgan fingerprint density at radius 2 is 2.00 bits per heavy atom. The Labute approximate surface area is 125 Å². The number of benzene rings is 1. The number of rotatable bonds is 4. The Balaban J connectivity index is 2.00. The molecule has 5 nitrogen and oxygen atoms in total. The summed E-state index contributed by atoms with van der Waals surface area (Å²) in [4.78, 5) is 4.97. The van der Waals surface area contributed by atoms with Gasteiger partial charge in [0.15, 0.2) is 0 Å². The third-order valence-electron chi connectivity index (χ3n) is 3.11. The third-order valence-corrected chi connectivity index (χ3v) is 4.52. The molecular formula is C15H15NO4S. The molecule has 6 heteroatoms. The van der Waals surface area contributed by atoms with Gasteiger partial charge in [-0.15, -0.1) is 0 Å². The molecule has 1 aromatic heterocycles. The van der Waals surface area contributed by atoms with Crippen LogP contribution in [-0.2, 0) is 20.3 Å². The number of hydrogen-bond donors (Lipinski definition) is 0. The van der Waals surface area contributed by atoms with E-state index in [1.807, 2.05) is 24.3 Å². The summed E-state index contributed by atoms with van der Waals surface area (Å²) in [5.74, 6) is 0.703. The molecule has 2 heterocycles. The van der Waals surface area contributed by atoms with Crippen LogP contribution < -0.4 is 4.74 Å². The maximum absolute atomic E-state index is 12.6. The van der Waals surface area contributed by atoms with Gasteiger partial charge >= 0.3 is 0 Å². The zero-order valence-electron chi connectivity index (χ0n) is 11.5. The van der Waals surface area contributed by atoms with Crippen LogP contribution in [0.3, 0.4) is 0 Å². The molecule has 1 aliphatic rings. The first-order valence-corrected chi connectivity index (χ1v) is 7.74. The van der Waals surface area contributed by atoms with Crippen molar-refractivity contribution in [1.29, 1.82) is 0 Å². The van der Waals surface area contributed by atoms with Gasteiger partial charge in [0.1, 0.15) is 16.5 Å². The molecule has 110 valence electrons. The van der Waals surface area contributed by atoms with Gasteiger partial charge in [0.2, 0.25) is 5.62 Å². The van der Waals surface area contributed by atoms with E-state index in [-0.39, 0.29) is 0 Å². The lowest BCUT2D eigenvalue weighted by Crippen LogP contribution is -2.16. The van der Waals surface area contributed by atoms with Gasteiger partial charge in [0.05, 0.1) is 30.9 Å². The highest BCUT2D eigenvalue weighted by molar-refractivity contribution is 7.85. The van der Waals surface area contributed by atoms with Gasteiger partial charge in [0, 0.05) is 17.8 Å². The maximum Gasteiger partial charge on any atom is 0.241 e. The first-order chi connectivity index (χ1) is 10.3. The van der Waals surface area contributed by atoms with E-state index < -0.39 is 16.4 Å². The molecule has 0 bridgehead atoms. The first-order valence-electron chi connectivity index (χ1n) is 6.53. The molecule has 0 N–H and O–H groups in total. The van der Waals surface area contributed by atoms with E-state index in [4.69, 9.17) is 14.2 Å². The summed E-state index contributed by atoms with van der Waals surface area (Å²) in [7, 11) is 0.196. The van der Waals surface area contributed by atoms with Crippen LogP contribution in [0.4, 0.5) is 0 Å². The number of nitrogens with zero attached hydrogens (tertiary/aromatic N) is 1. The number of hydrogen-bond acceptors (Lipinski definition) is 5. The minimum absolute atomic E-state index is 0.468. The second-order valence-corrected chi connectivity index (χ2v) is 5.82. The van der Waals surface area contributed by atoms with Crippen LogP contribution in [0.15, 0.2) is 47.5 Å². The van der Waals surface area contributed by atoms with Gasteiger partial charge in [-0.1, -0.05) is 18.2 Å². The van der Waals surface area contributed by atoms with Crippen LogP contribution >= 0.6 is 0 Å². The van der Waals surface area contributed by atoms with Crippen molar-refractivity contribution in [2.24, 2.45) is 0 Å². The molecule has 0 aliphatic carbocycles. The van der Waals surface area contributed by atoms with E-state index in [9.17, 15) is 4.21 Å². The van der Waals surface area contributed by atoms with E-state index in [1.165, 1.54) is 0 Å². The molecule has 3 rings (SSSR count). The molecule has 0 radical (unpaired) electrons. The van der Waals surface area contributed by atoms with Crippen molar-refractivity contribution in [2.75, 3.05) is 20.3 Å². The van der Waals surface area contributed by atoms with Crippen LogP contribution in [0.2, 0.25) is 0 Å². The van der Waals surface area contributed by atoms with Crippen molar-refractivity contribution in [3.8, 4) is 17.0 Å². The van der Waals surface area contributed by atoms with Crippen molar-refractivity contribution in [3.63, 3.8) is 0 Å². The van der Waals surface area contributed by atoms with Crippen LogP contribution in [0.1, 0.15) is 0 Å². The third kappa shape index (κ3) is 2.97. The van der Waals surface area contributed by atoms with Crippen LogP contribution in [-0.4, -0.2) is 35.1 Å². The highest BCUT2D eigenvalue weighted by Gasteiger charge is 2.26. The average Bonchev–Trinajstić information content (AvgIpc) is 3.09. The highest BCUT2D eigenvalue weighted by atomic mass is 32.2. The zero-order valence-corrected chi connectivity index (χ0v) is 12.3. The Kier molecular flexibility index (Phi) is 4.28. The predicted octanol–water partition coefficient (Wildman–Crippen LogP) is 2.20. The van der Waals surface area contributed by atoms with E-state index >= 15 is 0 Å². The second-order valence-electron chi connectivity index (χ2n) is 4.40. The van der Waals surface area contributed by atoms with Gasteiger partial charge in [-0.05, 0) is 12.1 Å². The van der Waals surface area contributed by atoms with Crippen LogP contribution in [0.5, 0.6) is 5.75 Å². The first kappa shape index (κ1) is 14.2. The monoisotopic (exact) mass is 305 g/mol. The summed E-state index contributed by atoms with van der Waals surface area (Å²) in [6, 6.07) is 11.0. The van der Waals surface area contributed by atoms with Crippen molar-refractivity contribution in [1.82, 2.24) is 4.98 Å². The molecule has 1 unspecified atom stereocenters. The molecule has 1 aliphatic heterocycles. The van der Waals surface area contributed by atoms with Crippen LogP contribution in [0.25, 0.3) is 11.3 Å². The second kappa shape index (κ2) is 6.34. The van der Waals surface area contributed by atoms with Crippen LogP contribution in [0, 0.1) is 0 Å². The minimum Gasteiger partial charge on any atom is -0.497 e. The Bertz CT molecular complexity index is 656. The van der Waals surface area contributed by atoms with Gasteiger partial charge in [-0.3, -0.25) is 4.98 Å². The topological polar surface area (TPSA) is 57.7 Å². The fourth-order valence-electron chi connectivity index (χ4n) is 2.10. The van der Waals surface area contributed by atoms with Crippen molar-refractivity contribution in [3.05, 3.63) is 42.6 Å². The highest BCUT2D eigenvalue weighted by Crippen LogP contribution is 2.29. The van der Waals surface area contributed by atoms with E-state index in [1.54, 1.807) is 25.4 Å². The molecule has 0 amide bonds. The summed E-state index contributed by atoms with van der Waals surface area (Å²) in [6.07, 6.45) is 1.66. The standard InChI is InChI=1S/C15H15NO4S/c1-18-11-6-7-16-13(10-11)12-4-2-3-5-14(12)21(17)15-19-8-9-20-15/h2-7,10,15H,8-9H2,1H3. The predicted molar refractivity (Wildman–Crippen MR) is 78.3 cm³/mol. The molecule has 1 aromatic carbocycles. The smallest absolute Gasteiger partial charge is 0.241 e. The Morgan fingerprint density at radius 1 is 1.24 bits per heavy atom. The quantitative estimate of drug-likeness (QED) is 0.866. The largest absolute Gasteiger partial charge is 0.497 e. The van der Waals surface area contributed by atoms with E-state index in [2.05, 4.69) is 4.98 Å². The molecule has 1 saturated heterocycles. The molecule has 2 aromatic rings.